The summed E-state index contributed by atoms with van der Waals surface area (Å²) in [6.45, 7) is -5.13. The Morgan fingerprint density at radius 2 is 2.05 bits per heavy atom. The van der Waals surface area contributed by atoms with Crippen LogP contribution in [0.4, 0.5) is 5.82 Å². The molecule has 0 amide bonds. The molecule has 0 radical (unpaired) electrons. The normalized spacial score (nSPS) is 28.5. The highest BCUT2D eigenvalue weighted by molar-refractivity contribution is 8.44. The molecule has 2 fully saturated rings. The van der Waals surface area contributed by atoms with Gasteiger partial charge in [0.1, 0.15) is 54.4 Å². The minimum atomic E-state index is -4.16. The summed E-state index contributed by atoms with van der Waals surface area (Å²) in [5.74, 6) is 0.391. The highest BCUT2D eigenvalue weighted by Gasteiger charge is 2.47. The van der Waals surface area contributed by atoms with Gasteiger partial charge in [0.05, 0.1) is 31.4 Å². The van der Waals surface area contributed by atoms with Gasteiger partial charge in [-0.25, -0.2) is 24.3 Å². The maximum Gasteiger partial charge on any atom is 0.386 e. The number of nitrogen functional groups attached to an aromatic ring is 1. The molecule has 44 heavy (non-hydrogen) atoms. The monoisotopic (exact) mass is 653 g/mol. The number of fused-ring (bicyclic) bond motifs is 1. The lowest BCUT2D eigenvalue weighted by Crippen LogP contribution is -2.35. The molecule has 0 aliphatic carbocycles. The van der Waals surface area contributed by atoms with Crippen molar-refractivity contribution in [2.24, 2.45) is 0 Å². The Hall–Kier alpha value is -3.39. The van der Waals surface area contributed by atoms with E-state index in [4.69, 9.17) is 33.4 Å². The van der Waals surface area contributed by atoms with Crippen molar-refractivity contribution in [1.82, 2.24) is 29.1 Å². The Labute approximate surface area is 252 Å². The second-order valence-corrected chi connectivity index (χ2v) is 12.9. The molecular weight excluding hydrogens is 625 g/mol. The SMILES string of the molecule is COC1C(O)[C@@H](COP(=O)(S)OC2C[C@H](n3cc(-c4ccco4)c(=O)[nH]c3=O)O[C@@H]2CO)O[C@H]1n1cnc2c(N)ncnc21. The van der Waals surface area contributed by atoms with Gasteiger partial charge >= 0.3 is 12.5 Å². The van der Waals surface area contributed by atoms with E-state index in [0.717, 1.165) is 4.57 Å². The minimum absolute atomic E-state index is 0.0578. The molecule has 6 heterocycles. The third-order valence-electron chi connectivity index (χ3n) is 7.34. The number of ether oxygens (including phenoxy) is 3. The summed E-state index contributed by atoms with van der Waals surface area (Å²) in [5, 5.41) is 20.8. The van der Waals surface area contributed by atoms with Crippen LogP contribution in [0.3, 0.4) is 0 Å². The first-order chi connectivity index (χ1) is 21.1. The van der Waals surface area contributed by atoms with Crippen LogP contribution in [0.15, 0.2) is 51.3 Å². The average Bonchev–Trinajstić information content (AvgIpc) is 3.78. The van der Waals surface area contributed by atoms with E-state index in [0.29, 0.717) is 11.2 Å². The van der Waals surface area contributed by atoms with Crippen LogP contribution in [0, 0.1) is 0 Å². The Morgan fingerprint density at radius 3 is 2.77 bits per heavy atom. The second kappa shape index (κ2) is 12.2. The summed E-state index contributed by atoms with van der Waals surface area (Å²) in [4.78, 5) is 39.4. The molecule has 2 saturated heterocycles. The fourth-order valence-electron chi connectivity index (χ4n) is 5.21. The maximum absolute atomic E-state index is 13.3. The van der Waals surface area contributed by atoms with Crippen LogP contribution in [-0.4, -0.2) is 90.1 Å². The van der Waals surface area contributed by atoms with Crippen LogP contribution < -0.4 is 17.0 Å². The number of thiol groups is 1. The number of aromatic nitrogens is 6. The Kier molecular flexibility index (Phi) is 8.48. The highest BCUT2D eigenvalue weighted by atomic mass is 32.7. The fourth-order valence-corrected chi connectivity index (χ4v) is 6.74. The number of rotatable bonds is 10. The summed E-state index contributed by atoms with van der Waals surface area (Å²) in [5.41, 5.74) is 5.21. The van der Waals surface area contributed by atoms with Crippen molar-refractivity contribution in [1.29, 1.82) is 0 Å². The smallest absolute Gasteiger partial charge is 0.386 e. The van der Waals surface area contributed by atoms with Gasteiger partial charge in [0.15, 0.2) is 17.7 Å². The largest absolute Gasteiger partial charge is 0.464 e. The van der Waals surface area contributed by atoms with Gasteiger partial charge in [-0.3, -0.25) is 28.0 Å². The van der Waals surface area contributed by atoms with Crippen LogP contribution in [0.2, 0.25) is 0 Å². The number of H-pyrrole nitrogens is 1. The van der Waals surface area contributed by atoms with Crippen molar-refractivity contribution in [3.05, 3.63) is 58.1 Å². The predicted molar refractivity (Wildman–Crippen MR) is 153 cm³/mol. The van der Waals surface area contributed by atoms with E-state index in [2.05, 4.69) is 32.2 Å². The van der Waals surface area contributed by atoms with Crippen LogP contribution >= 0.6 is 19.0 Å². The predicted octanol–water partition coefficient (Wildman–Crippen LogP) is 0.211. The summed E-state index contributed by atoms with van der Waals surface area (Å²) in [7, 11) is 1.39. The third-order valence-corrected chi connectivity index (χ3v) is 8.98. The Bertz CT molecular complexity index is 1800. The van der Waals surface area contributed by atoms with Crippen LogP contribution in [-0.2, 0) is 27.8 Å². The number of aliphatic hydroxyl groups excluding tert-OH is 2. The first kappa shape index (κ1) is 30.6. The quantitative estimate of drug-likeness (QED) is 0.114. The summed E-state index contributed by atoms with van der Waals surface area (Å²) in [6.07, 6.45) is -1.83. The lowest BCUT2D eigenvalue weighted by Gasteiger charge is -2.22. The molecule has 18 nitrogen and oxygen atoms in total. The molecule has 6 rings (SSSR count). The van der Waals surface area contributed by atoms with Crippen molar-refractivity contribution < 1.29 is 42.5 Å². The lowest BCUT2D eigenvalue weighted by atomic mass is 10.1. The number of aliphatic hydroxyl groups is 2. The van der Waals surface area contributed by atoms with Crippen LogP contribution in [0.5, 0.6) is 0 Å². The van der Waals surface area contributed by atoms with Crippen LogP contribution in [0.1, 0.15) is 18.9 Å². The maximum atomic E-state index is 13.3. The lowest BCUT2D eigenvalue weighted by molar-refractivity contribution is -0.0587. The van der Waals surface area contributed by atoms with Gasteiger partial charge < -0.3 is 34.6 Å². The molecule has 0 bridgehead atoms. The number of imidazole rings is 1. The molecule has 20 heteroatoms. The van der Waals surface area contributed by atoms with Gasteiger partial charge in [-0.1, -0.05) is 12.2 Å². The molecule has 2 aliphatic rings. The number of anilines is 1. The zero-order chi connectivity index (χ0) is 31.2. The van der Waals surface area contributed by atoms with Gasteiger partial charge in [0, 0.05) is 19.7 Å². The van der Waals surface area contributed by atoms with E-state index in [-0.39, 0.29) is 23.6 Å². The number of nitrogens with one attached hydrogen (secondary N) is 1. The fraction of sp³-hybridized carbons (Fsp3) is 0.458. The van der Waals surface area contributed by atoms with E-state index in [1.165, 1.54) is 36.8 Å². The van der Waals surface area contributed by atoms with Gasteiger partial charge in [0.2, 0.25) is 0 Å². The molecule has 5 N–H and O–H groups in total. The average molecular weight is 654 g/mol. The first-order valence-corrected chi connectivity index (χ1v) is 15.9. The number of nitrogens with zero attached hydrogens (tertiary/aromatic N) is 5. The van der Waals surface area contributed by atoms with Gasteiger partial charge in [-0.15, -0.1) is 0 Å². The molecular formula is C24H28N7O11PS. The van der Waals surface area contributed by atoms with Gasteiger partial charge in [-0.2, -0.15) is 0 Å². The highest BCUT2D eigenvalue weighted by Crippen LogP contribution is 2.56. The second-order valence-electron chi connectivity index (χ2n) is 9.98. The molecule has 236 valence electrons. The topological polar surface area (TPSA) is 241 Å². The summed E-state index contributed by atoms with van der Waals surface area (Å²) < 4.78 is 49.5. The van der Waals surface area contributed by atoms with Gasteiger partial charge in [0.25, 0.3) is 5.56 Å². The zero-order valence-electron chi connectivity index (χ0n) is 22.9. The van der Waals surface area contributed by atoms with Crippen molar-refractivity contribution in [3.63, 3.8) is 0 Å². The molecule has 4 unspecified atom stereocenters. The minimum Gasteiger partial charge on any atom is -0.464 e. The van der Waals surface area contributed by atoms with E-state index in [9.17, 15) is 24.4 Å². The Morgan fingerprint density at radius 1 is 1.23 bits per heavy atom. The number of hydrogen-bond acceptors (Lipinski definition) is 15. The van der Waals surface area contributed by atoms with Crippen molar-refractivity contribution in [3.8, 4) is 11.3 Å². The molecule has 0 spiro atoms. The standard InChI is InChI=1S/C24H28N7O11PS/c1-37-19-18(33)15(41-23(19)31-10-28-17-20(25)26-9-27-21(17)31)8-39-43(36,44)42-13-5-16(40-14(13)7-32)30-6-11(12-3-2-4-38-12)22(34)29-24(30)35/h2-4,6,9-10,13-16,18-19,23,32-33H,5,7-8H2,1H3,(H,36,44)(H2,25,26,27)(H,29,34,35)/t13?,14-,15-,16-,18?,19?,23-,43?/m1/s1. The number of methoxy groups -OCH3 is 1. The summed E-state index contributed by atoms with van der Waals surface area (Å²) in [6, 6.07) is 3.14. The van der Waals surface area contributed by atoms with Gasteiger partial charge in [-0.05, 0) is 12.1 Å². The molecule has 0 saturated carbocycles. The number of hydrogen-bond donors (Lipinski definition) is 5. The van der Waals surface area contributed by atoms with Crippen LogP contribution in [0.25, 0.3) is 22.5 Å². The van der Waals surface area contributed by atoms with E-state index in [1.807, 2.05) is 0 Å². The van der Waals surface area contributed by atoms with E-state index in [1.54, 1.807) is 12.1 Å². The molecule has 4 aromatic rings. The molecule has 4 aromatic heterocycles. The molecule has 0 aromatic carbocycles. The van der Waals surface area contributed by atoms with Crippen molar-refractivity contribution >= 4 is 36.0 Å². The third kappa shape index (κ3) is 5.73. The zero-order valence-corrected chi connectivity index (χ0v) is 24.7. The Balaban J connectivity index is 1.13. The first-order valence-electron chi connectivity index (χ1n) is 13.2. The van der Waals surface area contributed by atoms with E-state index >= 15 is 0 Å². The number of nitrogens with two attached hydrogens (primary N) is 1. The van der Waals surface area contributed by atoms with Crippen molar-refractivity contribution in [2.45, 2.75) is 49.4 Å². The van der Waals surface area contributed by atoms with E-state index < -0.39 is 74.2 Å². The van der Waals surface area contributed by atoms with Crippen molar-refractivity contribution in [2.75, 3.05) is 26.1 Å². The molecule has 2 aliphatic heterocycles. The number of furan rings is 1. The number of aromatic amines is 1. The summed E-state index contributed by atoms with van der Waals surface area (Å²) >= 11 is 4.07. The molecule has 8 atom stereocenters.